The summed E-state index contributed by atoms with van der Waals surface area (Å²) >= 11 is 0. The largest absolute Gasteiger partial charge is 0.380 e. The molecule has 1 saturated heterocycles. The molecule has 1 aromatic heterocycles. The average Bonchev–Trinajstić information content (AvgIpc) is 3.11. The van der Waals surface area contributed by atoms with Crippen molar-refractivity contribution < 1.29 is 13.9 Å². The van der Waals surface area contributed by atoms with Gasteiger partial charge in [-0.15, -0.1) is 0 Å². The van der Waals surface area contributed by atoms with Crippen LogP contribution in [-0.4, -0.2) is 41.2 Å². The van der Waals surface area contributed by atoms with Gasteiger partial charge in [0.25, 0.3) is 5.91 Å². The summed E-state index contributed by atoms with van der Waals surface area (Å²) < 4.78 is 18.7. The van der Waals surface area contributed by atoms with E-state index in [0.717, 1.165) is 25.1 Å². The van der Waals surface area contributed by atoms with Crippen molar-refractivity contribution in [3.63, 3.8) is 0 Å². The van der Waals surface area contributed by atoms with Gasteiger partial charge in [-0.2, -0.15) is 5.10 Å². The Kier molecular flexibility index (Phi) is 4.71. The van der Waals surface area contributed by atoms with Crippen LogP contribution in [-0.2, 0) is 11.3 Å². The molecule has 1 atom stereocenters. The number of hydrogen-bond acceptors (Lipinski definition) is 3. The Balaban J connectivity index is 1.76. The predicted octanol–water partition coefficient (Wildman–Crippen LogP) is 2.72. The van der Waals surface area contributed by atoms with E-state index >= 15 is 0 Å². The normalized spacial score (nSPS) is 18.2. The number of amides is 1. The van der Waals surface area contributed by atoms with Crippen LogP contribution in [0, 0.1) is 5.82 Å². The maximum absolute atomic E-state index is 13.7. The van der Waals surface area contributed by atoms with E-state index in [1.807, 2.05) is 11.0 Å². The molecule has 1 N–H and O–H groups in total. The number of hydrogen-bond donors (Lipinski definition) is 1. The van der Waals surface area contributed by atoms with E-state index < -0.39 is 0 Å². The zero-order chi connectivity index (χ0) is 16.2. The first-order valence-electron chi connectivity index (χ1n) is 7.75. The molecule has 1 aliphatic heterocycles. The first kappa shape index (κ1) is 15.7. The fourth-order valence-electron chi connectivity index (χ4n) is 3.07. The average molecular weight is 317 g/mol. The van der Waals surface area contributed by atoms with Crippen molar-refractivity contribution in [3.05, 3.63) is 53.1 Å². The lowest BCUT2D eigenvalue weighted by molar-refractivity contribution is 0.0705. The summed E-state index contributed by atoms with van der Waals surface area (Å²) in [4.78, 5) is 14.6. The van der Waals surface area contributed by atoms with Crippen LogP contribution in [0.15, 0.2) is 30.5 Å². The molecule has 5 nitrogen and oxygen atoms in total. The third-order valence-electron chi connectivity index (χ3n) is 4.26. The Morgan fingerprint density at radius 2 is 2.35 bits per heavy atom. The van der Waals surface area contributed by atoms with Crippen molar-refractivity contribution in [2.75, 3.05) is 20.2 Å². The number of halogens is 1. The van der Waals surface area contributed by atoms with Crippen LogP contribution in [0.1, 0.15) is 40.4 Å². The molecule has 2 aromatic rings. The lowest BCUT2D eigenvalue weighted by Crippen LogP contribution is -2.39. The van der Waals surface area contributed by atoms with Gasteiger partial charge in [0.2, 0.25) is 0 Å². The maximum Gasteiger partial charge on any atom is 0.253 e. The Labute approximate surface area is 134 Å². The molecule has 1 aliphatic rings. The molecule has 2 heterocycles. The lowest BCUT2D eigenvalue weighted by atomic mass is 9.94. The smallest absolute Gasteiger partial charge is 0.253 e. The van der Waals surface area contributed by atoms with Crippen LogP contribution in [0.25, 0.3) is 0 Å². The number of benzene rings is 1. The number of aromatic amines is 1. The van der Waals surface area contributed by atoms with Gasteiger partial charge < -0.3 is 9.64 Å². The number of nitrogens with one attached hydrogen (secondary N) is 1. The van der Waals surface area contributed by atoms with Gasteiger partial charge in [0.05, 0.1) is 6.61 Å². The maximum atomic E-state index is 13.7. The van der Waals surface area contributed by atoms with Crippen molar-refractivity contribution in [2.24, 2.45) is 0 Å². The van der Waals surface area contributed by atoms with E-state index in [1.54, 1.807) is 12.3 Å². The van der Waals surface area contributed by atoms with E-state index in [9.17, 15) is 9.18 Å². The topological polar surface area (TPSA) is 58.2 Å². The Morgan fingerprint density at radius 1 is 1.48 bits per heavy atom. The molecular formula is C17H20FN3O2. The summed E-state index contributed by atoms with van der Waals surface area (Å²) in [6, 6.07) is 6.41. The van der Waals surface area contributed by atoms with E-state index in [4.69, 9.17) is 4.74 Å². The van der Waals surface area contributed by atoms with Gasteiger partial charge in [0.15, 0.2) is 0 Å². The molecule has 6 heteroatoms. The highest BCUT2D eigenvalue weighted by molar-refractivity contribution is 5.94. The van der Waals surface area contributed by atoms with Crippen LogP contribution in [0.4, 0.5) is 4.39 Å². The molecule has 0 aliphatic carbocycles. The number of carbonyl (C=O) groups excluding carboxylic acids is 1. The number of carbonyl (C=O) groups is 1. The van der Waals surface area contributed by atoms with E-state index in [0.29, 0.717) is 17.7 Å². The van der Waals surface area contributed by atoms with E-state index in [-0.39, 0.29) is 24.2 Å². The molecule has 23 heavy (non-hydrogen) atoms. The first-order chi connectivity index (χ1) is 11.2. The number of nitrogens with zero attached hydrogens (tertiary/aromatic N) is 2. The Hall–Kier alpha value is -2.21. The number of likely N-dealkylation sites (tertiary alicyclic amines) is 1. The highest BCUT2D eigenvalue weighted by atomic mass is 19.1. The molecule has 1 amide bonds. The highest BCUT2D eigenvalue weighted by Gasteiger charge is 2.26. The fraction of sp³-hybridized carbons (Fsp3) is 0.412. The zero-order valence-electron chi connectivity index (χ0n) is 13.1. The van der Waals surface area contributed by atoms with Crippen LogP contribution in [0.2, 0.25) is 0 Å². The molecule has 1 aromatic carbocycles. The Morgan fingerprint density at radius 3 is 3.09 bits per heavy atom. The Bertz CT molecular complexity index is 672. The second-order valence-corrected chi connectivity index (χ2v) is 5.84. The fourth-order valence-corrected chi connectivity index (χ4v) is 3.07. The summed E-state index contributed by atoms with van der Waals surface area (Å²) in [6.45, 7) is 1.53. The van der Waals surface area contributed by atoms with Crippen molar-refractivity contribution >= 4 is 5.91 Å². The zero-order valence-corrected chi connectivity index (χ0v) is 13.1. The van der Waals surface area contributed by atoms with Gasteiger partial charge in [0, 0.05) is 49.1 Å². The van der Waals surface area contributed by atoms with Crippen LogP contribution < -0.4 is 0 Å². The predicted molar refractivity (Wildman–Crippen MR) is 83.6 cm³/mol. The third kappa shape index (κ3) is 3.42. The summed E-state index contributed by atoms with van der Waals surface area (Å²) in [7, 11) is 1.51. The number of ether oxygens (including phenoxy) is 1. The van der Waals surface area contributed by atoms with E-state index in [2.05, 4.69) is 10.2 Å². The van der Waals surface area contributed by atoms with Crippen molar-refractivity contribution in [1.82, 2.24) is 15.1 Å². The minimum absolute atomic E-state index is 0.0634. The van der Waals surface area contributed by atoms with Crippen molar-refractivity contribution in [1.29, 1.82) is 0 Å². The summed E-state index contributed by atoms with van der Waals surface area (Å²) in [5.41, 5.74) is 1.96. The minimum Gasteiger partial charge on any atom is -0.380 e. The molecule has 0 bridgehead atoms. The van der Waals surface area contributed by atoms with Crippen molar-refractivity contribution in [2.45, 2.75) is 25.4 Å². The quantitative estimate of drug-likeness (QED) is 0.943. The van der Waals surface area contributed by atoms with Gasteiger partial charge in [0.1, 0.15) is 5.82 Å². The van der Waals surface area contributed by atoms with Crippen LogP contribution in [0.3, 0.4) is 0 Å². The summed E-state index contributed by atoms with van der Waals surface area (Å²) in [5.74, 6) is -0.141. The number of methoxy groups -OCH3 is 1. The molecule has 0 unspecified atom stereocenters. The van der Waals surface area contributed by atoms with E-state index in [1.165, 1.54) is 19.2 Å². The number of aromatic nitrogens is 2. The lowest BCUT2D eigenvalue weighted by Gasteiger charge is -2.32. The van der Waals surface area contributed by atoms with Gasteiger partial charge in [-0.1, -0.05) is 0 Å². The van der Waals surface area contributed by atoms with Gasteiger partial charge in [-0.25, -0.2) is 4.39 Å². The van der Waals surface area contributed by atoms with Gasteiger partial charge >= 0.3 is 0 Å². The minimum atomic E-state index is -0.350. The molecule has 3 rings (SSSR count). The number of H-pyrrole nitrogens is 1. The second kappa shape index (κ2) is 6.91. The molecule has 0 saturated carbocycles. The van der Waals surface area contributed by atoms with Crippen LogP contribution >= 0.6 is 0 Å². The first-order valence-corrected chi connectivity index (χ1v) is 7.75. The van der Waals surface area contributed by atoms with Gasteiger partial charge in [-0.05, 0) is 37.1 Å². The molecule has 122 valence electrons. The summed E-state index contributed by atoms with van der Waals surface area (Å²) in [6.07, 6.45) is 3.71. The molecular weight excluding hydrogens is 297 g/mol. The number of piperidine rings is 1. The molecule has 1 fully saturated rings. The second-order valence-electron chi connectivity index (χ2n) is 5.84. The highest BCUT2D eigenvalue weighted by Crippen LogP contribution is 2.26. The van der Waals surface area contributed by atoms with Crippen molar-refractivity contribution in [3.8, 4) is 0 Å². The van der Waals surface area contributed by atoms with Crippen LogP contribution in [0.5, 0.6) is 0 Å². The molecule has 0 spiro atoms. The summed E-state index contributed by atoms with van der Waals surface area (Å²) in [5, 5.41) is 6.97. The third-order valence-corrected chi connectivity index (χ3v) is 4.26. The monoisotopic (exact) mass is 317 g/mol. The standard InChI is InChI=1S/C17H20FN3O2/c1-23-11-14-9-12(4-5-15(14)18)17(22)21-8-2-3-13(10-21)16-6-7-19-20-16/h4-7,9,13H,2-3,8,10-11H2,1H3,(H,19,20)/t13-/m0/s1. The molecule has 0 radical (unpaired) electrons. The number of rotatable bonds is 4. The SMILES string of the molecule is COCc1cc(C(=O)N2CCC[C@H](c3ccn[nH]3)C2)ccc1F. The van der Waals surface area contributed by atoms with Gasteiger partial charge in [-0.3, -0.25) is 9.89 Å².